The van der Waals surface area contributed by atoms with E-state index in [-0.39, 0.29) is 6.09 Å². The van der Waals surface area contributed by atoms with Gasteiger partial charge in [-0.1, -0.05) is 29.8 Å². The first-order chi connectivity index (χ1) is 12.3. The Labute approximate surface area is 159 Å². The Bertz CT molecular complexity index is 798. The monoisotopic (exact) mass is 373 g/mol. The lowest BCUT2D eigenvalue weighted by Crippen LogP contribution is -2.39. The van der Waals surface area contributed by atoms with E-state index in [1.54, 1.807) is 4.90 Å². The molecule has 1 heterocycles. The second-order valence-electron chi connectivity index (χ2n) is 7.50. The normalized spacial score (nSPS) is 13.9. The van der Waals surface area contributed by atoms with Crippen molar-refractivity contribution in [1.82, 2.24) is 4.90 Å². The number of hydrogen-bond acceptors (Lipinski definition) is 3. The number of halogens is 1. The minimum Gasteiger partial charge on any atom is -0.489 e. The van der Waals surface area contributed by atoms with E-state index >= 15 is 0 Å². The summed E-state index contributed by atoms with van der Waals surface area (Å²) in [5.41, 5.74) is 2.88. The van der Waals surface area contributed by atoms with Crippen molar-refractivity contribution in [2.75, 3.05) is 6.54 Å². The van der Waals surface area contributed by atoms with E-state index < -0.39 is 5.60 Å². The quantitative estimate of drug-likeness (QED) is 0.741. The van der Waals surface area contributed by atoms with Crippen molar-refractivity contribution >= 4 is 17.7 Å². The van der Waals surface area contributed by atoms with Crippen LogP contribution in [-0.2, 0) is 24.3 Å². The molecule has 0 bridgehead atoms. The molecule has 1 aliphatic heterocycles. The molecule has 1 amide bonds. The fraction of sp³-hybridized carbons (Fsp3) is 0.381. The van der Waals surface area contributed by atoms with Crippen molar-refractivity contribution in [2.24, 2.45) is 0 Å². The highest BCUT2D eigenvalue weighted by Crippen LogP contribution is 2.26. The minimum atomic E-state index is -0.487. The average molecular weight is 374 g/mol. The van der Waals surface area contributed by atoms with E-state index in [0.717, 1.165) is 23.3 Å². The molecule has 0 saturated heterocycles. The average Bonchev–Trinajstić information content (AvgIpc) is 2.58. The molecule has 0 aromatic heterocycles. The lowest BCUT2D eigenvalue weighted by atomic mass is 10.00. The van der Waals surface area contributed by atoms with Crippen LogP contribution in [0.1, 0.15) is 37.5 Å². The fourth-order valence-electron chi connectivity index (χ4n) is 2.90. The molecule has 0 radical (unpaired) electrons. The van der Waals surface area contributed by atoms with Gasteiger partial charge in [0.1, 0.15) is 18.0 Å². The maximum Gasteiger partial charge on any atom is 0.410 e. The van der Waals surface area contributed by atoms with Crippen LogP contribution in [0.5, 0.6) is 5.75 Å². The Hall–Kier alpha value is -2.20. The molecule has 0 fully saturated rings. The van der Waals surface area contributed by atoms with Crippen LogP contribution < -0.4 is 4.74 Å². The van der Waals surface area contributed by atoms with Gasteiger partial charge >= 0.3 is 6.09 Å². The van der Waals surface area contributed by atoms with Gasteiger partial charge in [-0.15, -0.1) is 0 Å². The lowest BCUT2D eigenvalue weighted by molar-refractivity contribution is 0.0223. The molecule has 0 atom stereocenters. The number of nitrogens with zero attached hydrogens (tertiary/aromatic N) is 1. The molecule has 0 aliphatic carbocycles. The van der Waals surface area contributed by atoms with Gasteiger partial charge in [-0.2, -0.15) is 0 Å². The van der Waals surface area contributed by atoms with Crippen LogP contribution in [0, 0.1) is 0 Å². The van der Waals surface area contributed by atoms with E-state index in [2.05, 4.69) is 6.07 Å². The van der Waals surface area contributed by atoms with Crippen LogP contribution in [0.2, 0.25) is 5.02 Å². The van der Waals surface area contributed by atoms with Gasteiger partial charge in [0, 0.05) is 18.1 Å². The summed E-state index contributed by atoms with van der Waals surface area (Å²) in [6.07, 6.45) is 0.553. The standard InChI is InChI=1S/C21H24ClNO3/c1-21(2,3)26-20(24)23-10-9-16-7-8-19(12-17(16)13-23)25-14-15-5-4-6-18(22)11-15/h4-8,11-12H,9-10,13-14H2,1-3H3. The summed E-state index contributed by atoms with van der Waals surface area (Å²) in [5.74, 6) is 0.787. The molecule has 4 nitrogen and oxygen atoms in total. The molecule has 0 spiro atoms. The smallest absolute Gasteiger partial charge is 0.410 e. The first-order valence-corrected chi connectivity index (χ1v) is 9.15. The zero-order valence-electron chi connectivity index (χ0n) is 15.4. The van der Waals surface area contributed by atoms with Gasteiger partial charge in [-0.25, -0.2) is 4.79 Å². The summed E-state index contributed by atoms with van der Waals surface area (Å²) in [7, 11) is 0. The van der Waals surface area contributed by atoms with Crippen LogP contribution in [-0.4, -0.2) is 23.1 Å². The number of rotatable bonds is 3. The Balaban J connectivity index is 1.66. The third kappa shape index (κ3) is 4.92. The summed E-state index contributed by atoms with van der Waals surface area (Å²) in [5, 5.41) is 0.699. The van der Waals surface area contributed by atoms with Crippen LogP contribution in [0.4, 0.5) is 4.79 Å². The fourth-order valence-corrected chi connectivity index (χ4v) is 3.11. The molecule has 26 heavy (non-hydrogen) atoms. The molecule has 5 heteroatoms. The number of benzene rings is 2. The Morgan fingerprint density at radius 1 is 1.15 bits per heavy atom. The van der Waals surface area contributed by atoms with Crippen molar-refractivity contribution in [1.29, 1.82) is 0 Å². The number of ether oxygens (including phenoxy) is 2. The molecule has 138 valence electrons. The summed E-state index contributed by atoms with van der Waals surface area (Å²) in [4.78, 5) is 14.1. The summed E-state index contributed by atoms with van der Waals surface area (Å²) >= 11 is 6.01. The molecule has 0 saturated carbocycles. The number of carbonyl (C=O) groups excluding carboxylic acids is 1. The van der Waals surface area contributed by atoms with Crippen LogP contribution in [0.15, 0.2) is 42.5 Å². The predicted octanol–water partition coefficient (Wildman–Crippen LogP) is 5.21. The van der Waals surface area contributed by atoms with E-state index in [0.29, 0.717) is 24.7 Å². The highest BCUT2D eigenvalue weighted by molar-refractivity contribution is 6.30. The van der Waals surface area contributed by atoms with Gasteiger partial charge in [0.05, 0.1) is 0 Å². The van der Waals surface area contributed by atoms with Gasteiger partial charge < -0.3 is 14.4 Å². The molecule has 0 N–H and O–H groups in total. The molecule has 2 aromatic rings. The molecule has 3 rings (SSSR count). The Kier molecular flexibility index (Phi) is 5.42. The van der Waals surface area contributed by atoms with Crippen molar-refractivity contribution in [3.63, 3.8) is 0 Å². The Morgan fingerprint density at radius 3 is 2.69 bits per heavy atom. The van der Waals surface area contributed by atoms with E-state index in [9.17, 15) is 4.79 Å². The first-order valence-electron chi connectivity index (χ1n) is 8.77. The second kappa shape index (κ2) is 7.58. The summed E-state index contributed by atoms with van der Waals surface area (Å²) in [6, 6.07) is 13.7. The SMILES string of the molecule is CC(C)(C)OC(=O)N1CCc2ccc(OCc3cccc(Cl)c3)cc2C1. The summed E-state index contributed by atoms with van der Waals surface area (Å²) < 4.78 is 11.4. The molecule has 0 unspecified atom stereocenters. The largest absolute Gasteiger partial charge is 0.489 e. The topological polar surface area (TPSA) is 38.8 Å². The zero-order valence-corrected chi connectivity index (χ0v) is 16.2. The molecular formula is C21H24ClNO3. The molecular weight excluding hydrogens is 350 g/mol. The van der Waals surface area contributed by atoms with Gasteiger partial charge in [0.15, 0.2) is 0 Å². The lowest BCUT2D eigenvalue weighted by Gasteiger charge is -2.31. The van der Waals surface area contributed by atoms with Gasteiger partial charge in [0.25, 0.3) is 0 Å². The summed E-state index contributed by atoms with van der Waals surface area (Å²) in [6.45, 7) is 7.30. The minimum absolute atomic E-state index is 0.270. The second-order valence-corrected chi connectivity index (χ2v) is 7.94. The highest BCUT2D eigenvalue weighted by atomic mass is 35.5. The van der Waals surface area contributed by atoms with Crippen LogP contribution in [0.3, 0.4) is 0 Å². The number of carbonyl (C=O) groups is 1. The van der Waals surface area contributed by atoms with Crippen molar-refractivity contribution in [3.05, 3.63) is 64.2 Å². The third-order valence-electron chi connectivity index (χ3n) is 4.14. The number of amides is 1. The van der Waals surface area contributed by atoms with Crippen molar-refractivity contribution < 1.29 is 14.3 Å². The molecule has 1 aliphatic rings. The number of hydrogen-bond donors (Lipinski definition) is 0. The van der Waals surface area contributed by atoms with Gasteiger partial charge in [-0.05, 0) is 68.1 Å². The third-order valence-corrected chi connectivity index (χ3v) is 4.37. The predicted molar refractivity (Wildman–Crippen MR) is 103 cm³/mol. The van der Waals surface area contributed by atoms with E-state index in [1.165, 1.54) is 5.56 Å². The van der Waals surface area contributed by atoms with Crippen LogP contribution in [0.25, 0.3) is 0 Å². The van der Waals surface area contributed by atoms with Crippen LogP contribution >= 0.6 is 11.6 Å². The van der Waals surface area contributed by atoms with Crippen molar-refractivity contribution in [2.45, 2.75) is 45.9 Å². The molecule has 2 aromatic carbocycles. The van der Waals surface area contributed by atoms with E-state index in [4.69, 9.17) is 21.1 Å². The maximum absolute atomic E-state index is 12.3. The van der Waals surface area contributed by atoms with E-state index in [1.807, 2.05) is 57.2 Å². The van der Waals surface area contributed by atoms with Crippen molar-refractivity contribution in [3.8, 4) is 5.75 Å². The Morgan fingerprint density at radius 2 is 1.96 bits per heavy atom. The number of fused-ring (bicyclic) bond motifs is 1. The first kappa shape index (κ1) is 18.6. The zero-order chi connectivity index (χ0) is 18.7. The maximum atomic E-state index is 12.3. The van der Waals surface area contributed by atoms with Gasteiger partial charge in [0.2, 0.25) is 0 Å². The van der Waals surface area contributed by atoms with Gasteiger partial charge in [-0.3, -0.25) is 0 Å². The highest BCUT2D eigenvalue weighted by Gasteiger charge is 2.25.